The summed E-state index contributed by atoms with van der Waals surface area (Å²) < 4.78 is 27.3. The number of anilines is 1. The van der Waals surface area contributed by atoms with Gasteiger partial charge in [-0.1, -0.05) is 30.3 Å². The lowest BCUT2D eigenvalue weighted by molar-refractivity contribution is -0.146. The monoisotopic (exact) mass is 399 g/mol. The molecule has 0 bridgehead atoms. The van der Waals surface area contributed by atoms with Crippen LogP contribution in [0.3, 0.4) is 0 Å². The number of nitrogens with one attached hydrogen (secondary N) is 1. The minimum Gasteiger partial charge on any atom is -0.352 e. The molecular formula is C21H19F2N3O3. The van der Waals surface area contributed by atoms with E-state index >= 15 is 0 Å². The summed E-state index contributed by atoms with van der Waals surface area (Å²) in [7, 11) is 0. The molecule has 8 heteroatoms. The highest BCUT2D eigenvalue weighted by Crippen LogP contribution is 2.31. The summed E-state index contributed by atoms with van der Waals surface area (Å²) in [5.41, 5.74) is 0.631. The van der Waals surface area contributed by atoms with Crippen LogP contribution >= 0.6 is 0 Å². The molecule has 1 N–H and O–H groups in total. The van der Waals surface area contributed by atoms with Gasteiger partial charge in [-0.3, -0.25) is 14.4 Å². The Labute approximate surface area is 166 Å². The van der Waals surface area contributed by atoms with E-state index in [0.717, 1.165) is 6.07 Å². The van der Waals surface area contributed by atoms with Crippen molar-refractivity contribution in [2.45, 2.75) is 12.5 Å². The number of carbonyl (C=O) groups is 3. The van der Waals surface area contributed by atoms with Crippen molar-refractivity contribution < 1.29 is 23.2 Å². The van der Waals surface area contributed by atoms with Crippen molar-refractivity contribution in [1.82, 2.24) is 10.2 Å². The summed E-state index contributed by atoms with van der Waals surface area (Å²) in [6.07, 6.45) is -0.0880. The average Bonchev–Trinajstić information content (AvgIpc) is 3.09. The maximum atomic E-state index is 14.1. The molecule has 150 valence electrons. The summed E-state index contributed by atoms with van der Waals surface area (Å²) >= 11 is 0. The zero-order valence-corrected chi connectivity index (χ0v) is 15.5. The second kappa shape index (κ2) is 7.62. The second-order valence-electron chi connectivity index (χ2n) is 7.14. The minimum atomic E-state index is -0.856. The third-order valence-electron chi connectivity index (χ3n) is 5.29. The van der Waals surface area contributed by atoms with Gasteiger partial charge in [-0.2, -0.15) is 0 Å². The number of amides is 3. The van der Waals surface area contributed by atoms with Gasteiger partial charge in [-0.05, 0) is 17.7 Å². The number of benzene rings is 2. The van der Waals surface area contributed by atoms with Crippen LogP contribution in [0.1, 0.15) is 18.0 Å². The molecule has 2 heterocycles. The van der Waals surface area contributed by atoms with Crippen molar-refractivity contribution in [2.24, 2.45) is 5.92 Å². The number of halogens is 2. The Morgan fingerprint density at radius 3 is 2.55 bits per heavy atom. The van der Waals surface area contributed by atoms with Crippen LogP contribution in [0.25, 0.3) is 0 Å². The van der Waals surface area contributed by atoms with E-state index in [-0.39, 0.29) is 30.5 Å². The Hall–Kier alpha value is -3.29. The van der Waals surface area contributed by atoms with Crippen molar-refractivity contribution in [3.05, 3.63) is 65.7 Å². The van der Waals surface area contributed by atoms with Gasteiger partial charge in [0.15, 0.2) is 0 Å². The fraction of sp³-hybridized carbons (Fsp3) is 0.286. The van der Waals surface area contributed by atoms with E-state index in [2.05, 4.69) is 5.32 Å². The van der Waals surface area contributed by atoms with Crippen LogP contribution in [-0.4, -0.2) is 42.3 Å². The molecule has 2 aliphatic heterocycles. The molecule has 0 radical (unpaired) electrons. The Morgan fingerprint density at radius 2 is 1.83 bits per heavy atom. The number of nitrogens with zero attached hydrogens (tertiary/aromatic N) is 2. The molecule has 3 amide bonds. The van der Waals surface area contributed by atoms with Gasteiger partial charge in [0.05, 0.1) is 11.6 Å². The zero-order valence-electron chi connectivity index (χ0n) is 15.5. The van der Waals surface area contributed by atoms with E-state index in [1.54, 1.807) is 24.3 Å². The highest BCUT2D eigenvalue weighted by Gasteiger charge is 2.42. The summed E-state index contributed by atoms with van der Waals surface area (Å²) in [4.78, 5) is 40.8. The number of rotatable bonds is 3. The van der Waals surface area contributed by atoms with Crippen molar-refractivity contribution in [2.75, 3.05) is 24.5 Å². The molecule has 4 rings (SSSR count). The second-order valence-corrected chi connectivity index (χ2v) is 7.14. The minimum absolute atomic E-state index is 0.0140. The van der Waals surface area contributed by atoms with Crippen LogP contribution < -0.4 is 10.2 Å². The molecule has 2 fully saturated rings. The topological polar surface area (TPSA) is 69.7 Å². The van der Waals surface area contributed by atoms with E-state index in [0.29, 0.717) is 24.7 Å². The molecule has 2 atom stereocenters. The number of hydrogen-bond acceptors (Lipinski definition) is 3. The Balaban J connectivity index is 1.57. The molecule has 0 aliphatic carbocycles. The standard InChI is InChI=1S/C21H19F2N3O3/c22-15-6-7-17(16(23)11-15)26-12-14(10-18(26)27)21(29)25-9-8-24-20(28)19(25)13-4-2-1-3-5-13/h1-7,11,14,19H,8-10,12H2,(H,24,28)/t14-,19+/m1/s1. The third kappa shape index (κ3) is 3.57. The van der Waals surface area contributed by atoms with Crippen molar-refractivity contribution in [3.63, 3.8) is 0 Å². The SMILES string of the molecule is O=C1NCCN(C(=O)[C@@H]2CC(=O)N(c3ccc(F)cc3F)C2)[C@H]1c1ccccc1. The molecule has 2 aromatic rings. The van der Waals surface area contributed by atoms with Crippen LogP contribution in [0, 0.1) is 17.6 Å². The Kier molecular flexibility index (Phi) is 5.00. The number of hydrogen-bond donors (Lipinski definition) is 1. The van der Waals surface area contributed by atoms with Crippen LogP contribution in [0.2, 0.25) is 0 Å². The zero-order chi connectivity index (χ0) is 20.5. The van der Waals surface area contributed by atoms with Gasteiger partial charge in [0.1, 0.15) is 17.7 Å². The summed E-state index contributed by atoms with van der Waals surface area (Å²) in [5.74, 6) is -3.31. The van der Waals surface area contributed by atoms with Crippen molar-refractivity contribution in [3.8, 4) is 0 Å². The first-order chi connectivity index (χ1) is 14.0. The van der Waals surface area contributed by atoms with Gasteiger partial charge in [0, 0.05) is 32.1 Å². The molecular weight excluding hydrogens is 380 g/mol. The van der Waals surface area contributed by atoms with Gasteiger partial charge in [0.25, 0.3) is 0 Å². The predicted octanol–water partition coefficient (Wildman–Crippen LogP) is 2.02. The molecule has 6 nitrogen and oxygen atoms in total. The molecule has 2 saturated heterocycles. The summed E-state index contributed by atoms with van der Waals surface area (Å²) in [6.45, 7) is 0.629. The molecule has 29 heavy (non-hydrogen) atoms. The quantitative estimate of drug-likeness (QED) is 0.859. The van der Waals surface area contributed by atoms with E-state index in [9.17, 15) is 23.2 Å². The Morgan fingerprint density at radius 1 is 1.07 bits per heavy atom. The van der Waals surface area contributed by atoms with Gasteiger partial charge in [0.2, 0.25) is 17.7 Å². The Bertz CT molecular complexity index is 967. The third-order valence-corrected chi connectivity index (χ3v) is 5.29. The highest BCUT2D eigenvalue weighted by molar-refractivity contribution is 6.01. The fourth-order valence-corrected chi connectivity index (χ4v) is 3.91. The molecule has 0 unspecified atom stereocenters. The van der Waals surface area contributed by atoms with Gasteiger partial charge in [-0.15, -0.1) is 0 Å². The molecule has 2 aromatic carbocycles. The lowest BCUT2D eigenvalue weighted by Gasteiger charge is -2.36. The first kappa shape index (κ1) is 19.0. The molecule has 0 aromatic heterocycles. The number of piperazine rings is 1. The van der Waals surface area contributed by atoms with E-state index < -0.39 is 29.5 Å². The van der Waals surface area contributed by atoms with Gasteiger partial charge in [-0.25, -0.2) is 8.78 Å². The first-order valence-corrected chi connectivity index (χ1v) is 9.34. The average molecular weight is 399 g/mol. The van der Waals surface area contributed by atoms with E-state index in [1.807, 2.05) is 6.07 Å². The van der Waals surface area contributed by atoms with Crippen molar-refractivity contribution >= 4 is 23.4 Å². The lowest BCUT2D eigenvalue weighted by atomic mass is 9.99. The lowest BCUT2D eigenvalue weighted by Crippen LogP contribution is -2.53. The first-order valence-electron chi connectivity index (χ1n) is 9.34. The normalized spacial score (nSPS) is 22.0. The summed E-state index contributed by atoms with van der Waals surface area (Å²) in [5, 5.41) is 2.77. The largest absolute Gasteiger partial charge is 0.352 e. The molecule has 0 saturated carbocycles. The molecule has 2 aliphatic rings. The van der Waals surface area contributed by atoms with Gasteiger partial charge < -0.3 is 15.1 Å². The highest BCUT2D eigenvalue weighted by atomic mass is 19.1. The van der Waals surface area contributed by atoms with Crippen LogP contribution in [-0.2, 0) is 14.4 Å². The predicted molar refractivity (Wildman–Crippen MR) is 101 cm³/mol. The fourth-order valence-electron chi connectivity index (χ4n) is 3.91. The smallest absolute Gasteiger partial charge is 0.247 e. The van der Waals surface area contributed by atoms with E-state index in [1.165, 1.54) is 15.9 Å². The maximum Gasteiger partial charge on any atom is 0.247 e. The van der Waals surface area contributed by atoms with Crippen LogP contribution in [0.4, 0.5) is 14.5 Å². The number of carbonyl (C=O) groups excluding carboxylic acids is 3. The van der Waals surface area contributed by atoms with Gasteiger partial charge >= 0.3 is 0 Å². The molecule has 0 spiro atoms. The van der Waals surface area contributed by atoms with Crippen LogP contribution in [0.5, 0.6) is 0 Å². The van der Waals surface area contributed by atoms with Crippen molar-refractivity contribution in [1.29, 1.82) is 0 Å². The maximum absolute atomic E-state index is 14.1. The summed E-state index contributed by atoms with van der Waals surface area (Å²) in [6, 6.07) is 11.1. The van der Waals surface area contributed by atoms with Crippen LogP contribution in [0.15, 0.2) is 48.5 Å². The van der Waals surface area contributed by atoms with E-state index in [4.69, 9.17) is 0 Å².